The molecule has 1 nitrogen and oxygen atoms in total. The minimum absolute atomic E-state index is 0.221. The lowest BCUT2D eigenvalue weighted by molar-refractivity contribution is 0.103. The van der Waals surface area contributed by atoms with E-state index in [4.69, 9.17) is 27.9 Å². The normalized spacial score (nSPS) is 26.2. The van der Waals surface area contributed by atoms with E-state index in [0.717, 1.165) is 59.7 Å². The van der Waals surface area contributed by atoms with Crippen molar-refractivity contribution in [3.8, 4) is 0 Å². The molecule has 126 valence electrons. The largest absolute Gasteiger partial charge is 0.381 e. The summed E-state index contributed by atoms with van der Waals surface area (Å²) in [6, 6.07) is 0. The first-order chi connectivity index (χ1) is 11.0. The number of hydrogen-bond donors (Lipinski definition) is 0. The first-order valence-corrected chi connectivity index (χ1v) is 9.04. The lowest BCUT2D eigenvalue weighted by Gasteiger charge is -2.17. The summed E-state index contributed by atoms with van der Waals surface area (Å²) in [6.45, 7) is 6.24. The Labute approximate surface area is 150 Å². The first-order valence-electron chi connectivity index (χ1n) is 8.28. The monoisotopic (exact) mass is 352 g/mol. The number of methoxy groups -OCH3 is 1. The zero-order valence-electron chi connectivity index (χ0n) is 14.1. The average Bonchev–Trinajstić information content (AvgIpc) is 2.59. The summed E-state index contributed by atoms with van der Waals surface area (Å²) in [6.07, 6.45) is 13.5. The summed E-state index contributed by atoms with van der Waals surface area (Å²) >= 11 is 13.0. The van der Waals surface area contributed by atoms with Gasteiger partial charge in [0.2, 0.25) is 0 Å². The van der Waals surface area contributed by atoms with Crippen molar-refractivity contribution in [3.63, 3.8) is 0 Å². The molecule has 2 rings (SSSR count). The van der Waals surface area contributed by atoms with Gasteiger partial charge >= 0.3 is 0 Å². The Morgan fingerprint density at radius 2 is 2.04 bits per heavy atom. The Kier molecular flexibility index (Phi) is 7.20. The van der Waals surface area contributed by atoms with Crippen LogP contribution in [-0.2, 0) is 4.74 Å². The molecule has 0 aromatic carbocycles. The number of allylic oxidation sites excluding steroid dienone is 7. The fourth-order valence-electron chi connectivity index (χ4n) is 3.10. The van der Waals surface area contributed by atoms with Crippen LogP contribution in [0.25, 0.3) is 0 Å². The Hall–Kier alpha value is -0.760. The van der Waals surface area contributed by atoms with Gasteiger partial charge in [0.1, 0.15) is 0 Å². The quantitative estimate of drug-likeness (QED) is 0.496. The molecule has 0 aromatic heterocycles. The molecule has 0 N–H and O–H groups in total. The van der Waals surface area contributed by atoms with Crippen molar-refractivity contribution in [3.05, 3.63) is 57.2 Å². The third kappa shape index (κ3) is 5.67. The van der Waals surface area contributed by atoms with Gasteiger partial charge in [0, 0.05) is 29.2 Å². The van der Waals surface area contributed by atoms with Crippen molar-refractivity contribution >= 4 is 23.2 Å². The molecule has 0 radical (unpaired) electrons. The minimum atomic E-state index is 0.221. The molecule has 0 fully saturated rings. The molecular weight excluding hydrogens is 327 g/mol. The topological polar surface area (TPSA) is 9.23 Å². The first kappa shape index (κ1) is 18.6. The standard InChI is InChI=1S/C20H26Cl2O/c1-14-6-4-5-7-16(12-17(10-14)23-3)13-18-19(21)9-8-15(2)11-20(18)22/h6,9,13,17H,2,4-5,7-8,10-12H2,1,3H3. The summed E-state index contributed by atoms with van der Waals surface area (Å²) < 4.78 is 5.68. The summed E-state index contributed by atoms with van der Waals surface area (Å²) in [5, 5.41) is 1.54. The van der Waals surface area contributed by atoms with Crippen molar-refractivity contribution < 1.29 is 4.74 Å². The van der Waals surface area contributed by atoms with Gasteiger partial charge in [0.15, 0.2) is 0 Å². The van der Waals surface area contributed by atoms with Gasteiger partial charge in [0.05, 0.1) is 6.10 Å². The van der Waals surface area contributed by atoms with Gasteiger partial charge < -0.3 is 4.74 Å². The number of ether oxygens (including phenoxy) is 1. The molecule has 0 saturated heterocycles. The van der Waals surface area contributed by atoms with Crippen LogP contribution < -0.4 is 0 Å². The molecule has 0 aliphatic heterocycles. The van der Waals surface area contributed by atoms with Gasteiger partial charge in [-0.2, -0.15) is 0 Å². The van der Waals surface area contributed by atoms with E-state index in [0.29, 0.717) is 6.42 Å². The number of halogens is 2. The van der Waals surface area contributed by atoms with Crippen molar-refractivity contribution in [2.45, 2.75) is 58.0 Å². The minimum Gasteiger partial charge on any atom is -0.381 e. The maximum Gasteiger partial charge on any atom is 0.0645 e. The Balaban J connectivity index is 2.28. The highest BCUT2D eigenvalue weighted by atomic mass is 35.5. The summed E-state index contributed by atoms with van der Waals surface area (Å²) in [5.41, 5.74) is 4.84. The van der Waals surface area contributed by atoms with Gasteiger partial charge in [-0.1, -0.05) is 64.7 Å². The zero-order valence-corrected chi connectivity index (χ0v) is 15.6. The van der Waals surface area contributed by atoms with Crippen LogP contribution in [0.4, 0.5) is 0 Å². The van der Waals surface area contributed by atoms with E-state index in [9.17, 15) is 0 Å². The molecule has 1 unspecified atom stereocenters. The van der Waals surface area contributed by atoms with Crippen molar-refractivity contribution in [2.24, 2.45) is 0 Å². The van der Waals surface area contributed by atoms with E-state index in [2.05, 4.69) is 25.7 Å². The van der Waals surface area contributed by atoms with Crippen LogP contribution in [-0.4, -0.2) is 13.2 Å². The predicted octanol–water partition coefficient (Wildman–Crippen LogP) is 6.80. The van der Waals surface area contributed by atoms with Crippen LogP contribution in [0.2, 0.25) is 0 Å². The molecule has 0 aromatic rings. The average molecular weight is 353 g/mol. The second-order valence-corrected chi connectivity index (χ2v) is 7.38. The third-order valence-electron chi connectivity index (χ3n) is 4.44. The molecule has 23 heavy (non-hydrogen) atoms. The van der Waals surface area contributed by atoms with Crippen LogP contribution in [0.3, 0.4) is 0 Å². The lowest BCUT2D eigenvalue weighted by Crippen LogP contribution is -2.12. The van der Waals surface area contributed by atoms with Crippen LogP contribution >= 0.6 is 23.2 Å². The molecular formula is C20H26Cl2O. The lowest BCUT2D eigenvalue weighted by atomic mass is 9.98. The van der Waals surface area contributed by atoms with Crippen molar-refractivity contribution in [1.29, 1.82) is 0 Å². The van der Waals surface area contributed by atoms with E-state index >= 15 is 0 Å². The SMILES string of the molecule is C=C1CC=C(Cl)C(C=C2CCCC=C(C)CC(OC)C2)=C(Cl)C1. The highest BCUT2D eigenvalue weighted by molar-refractivity contribution is 6.36. The summed E-state index contributed by atoms with van der Waals surface area (Å²) in [5.74, 6) is 0. The fourth-order valence-corrected chi connectivity index (χ4v) is 3.74. The van der Waals surface area contributed by atoms with E-state index in [1.807, 2.05) is 6.08 Å². The smallest absolute Gasteiger partial charge is 0.0645 e. The van der Waals surface area contributed by atoms with E-state index in [1.54, 1.807) is 7.11 Å². The van der Waals surface area contributed by atoms with E-state index in [1.165, 1.54) is 11.1 Å². The molecule has 1 atom stereocenters. The highest BCUT2D eigenvalue weighted by Gasteiger charge is 2.16. The Bertz CT molecular complexity index is 578. The van der Waals surface area contributed by atoms with Gasteiger partial charge in [-0.3, -0.25) is 0 Å². The van der Waals surface area contributed by atoms with Crippen LogP contribution in [0.1, 0.15) is 51.9 Å². The predicted molar refractivity (Wildman–Crippen MR) is 101 cm³/mol. The second kappa shape index (κ2) is 8.92. The van der Waals surface area contributed by atoms with E-state index in [-0.39, 0.29) is 6.10 Å². The van der Waals surface area contributed by atoms with Crippen LogP contribution in [0, 0.1) is 0 Å². The van der Waals surface area contributed by atoms with Gasteiger partial charge in [-0.05, 0) is 45.4 Å². The maximum atomic E-state index is 6.50. The van der Waals surface area contributed by atoms with E-state index < -0.39 is 0 Å². The summed E-state index contributed by atoms with van der Waals surface area (Å²) in [4.78, 5) is 0. The molecule has 2 aliphatic rings. The zero-order chi connectivity index (χ0) is 16.8. The van der Waals surface area contributed by atoms with Crippen molar-refractivity contribution in [1.82, 2.24) is 0 Å². The third-order valence-corrected chi connectivity index (χ3v) is 5.14. The van der Waals surface area contributed by atoms with Gasteiger partial charge in [-0.25, -0.2) is 0 Å². The molecule has 0 spiro atoms. The van der Waals surface area contributed by atoms with Gasteiger partial charge in [0.25, 0.3) is 0 Å². The molecule has 0 heterocycles. The fraction of sp³-hybridized carbons (Fsp3) is 0.500. The molecule has 3 heteroatoms. The second-order valence-electron chi connectivity index (χ2n) is 6.51. The maximum absolute atomic E-state index is 6.50. The number of rotatable bonds is 2. The van der Waals surface area contributed by atoms with Crippen LogP contribution in [0.15, 0.2) is 57.2 Å². The molecule has 0 amide bonds. The molecule has 2 aliphatic carbocycles. The Morgan fingerprint density at radius 3 is 2.78 bits per heavy atom. The van der Waals surface area contributed by atoms with Crippen molar-refractivity contribution in [2.75, 3.05) is 7.11 Å². The molecule has 0 bridgehead atoms. The van der Waals surface area contributed by atoms with Crippen LogP contribution in [0.5, 0.6) is 0 Å². The highest BCUT2D eigenvalue weighted by Crippen LogP contribution is 2.34. The summed E-state index contributed by atoms with van der Waals surface area (Å²) in [7, 11) is 1.79. The molecule has 0 saturated carbocycles. The van der Waals surface area contributed by atoms with Gasteiger partial charge in [-0.15, -0.1) is 0 Å². The Morgan fingerprint density at radius 1 is 1.26 bits per heavy atom. The number of hydrogen-bond acceptors (Lipinski definition) is 1.